The van der Waals surface area contributed by atoms with Crippen LogP contribution >= 0.6 is 0 Å². The molecule has 1 aromatic heterocycles. The largest absolute Gasteiger partial charge is 0.392 e. The van der Waals surface area contributed by atoms with Crippen LogP contribution in [0.25, 0.3) is 11.6 Å². The Hall–Kier alpha value is -3.13. The zero-order valence-corrected chi connectivity index (χ0v) is 36.4. The molecule has 0 spiro atoms. The number of Topliss-reactive ketones (excluding diaryl/α,β-unsaturated/α-hetero) is 2. The number of ether oxygens (including phenoxy) is 1. The van der Waals surface area contributed by atoms with E-state index in [9.17, 15) is 15.0 Å². The molecule has 10 atom stereocenters. The summed E-state index contributed by atoms with van der Waals surface area (Å²) in [6, 6.07) is 6.79. The van der Waals surface area contributed by atoms with E-state index in [1.165, 1.54) is 22.3 Å². The van der Waals surface area contributed by atoms with Crippen molar-refractivity contribution in [3.05, 3.63) is 62.3 Å². The maximum absolute atomic E-state index is 15.2. The third kappa shape index (κ3) is 5.35. The van der Waals surface area contributed by atoms with Crippen molar-refractivity contribution in [3.8, 4) is 0 Å². The molecule has 2 aromatic rings. The predicted octanol–water partition coefficient (Wildman–Crippen LogP) is 7.79. The number of aryl methyl sites for hydroxylation is 2. The lowest BCUT2D eigenvalue weighted by atomic mass is 9.34. The first kappa shape index (κ1) is 39.3. The van der Waals surface area contributed by atoms with Crippen molar-refractivity contribution in [2.75, 3.05) is 0 Å². The molecule has 7 nitrogen and oxygen atoms in total. The number of epoxide rings is 1. The topological polar surface area (TPSA) is 104 Å². The molecule has 7 heteroatoms. The lowest BCUT2D eigenvalue weighted by Crippen LogP contribution is -2.68. The van der Waals surface area contributed by atoms with Gasteiger partial charge < -0.3 is 19.5 Å². The molecule has 0 amide bonds. The number of carbonyl (C=O) groups is 2. The molecule has 3 saturated carbocycles. The fraction of sp³-hybridized carbons (Fsp3) is 0.660. The monoisotopic (exact) mass is 774 g/mol. The lowest BCUT2D eigenvalue weighted by molar-refractivity contribution is -0.220. The molecule has 3 aliphatic heterocycles. The van der Waals surface area contributed by atoms with Crippen molar-refractivity contribution >= 4 is 35.1 Å². The zero-order valence-electron chi connectivity index (χ0n) is 36.4. The number of aliphatic hydroxyl groups is 2. The van der Waals surface area contributed by atoms with E-state index in [1.54, 1.807) is 0 Å². The van der Waals surface area contributed by atoms with Crippen LogP contribution < -0.4 is 10.7 Å². The normalized spacial score (nSPS) is 39.5. The first-order valence-corrected chi connectivity index (χ1v) is 22.0. The summed E-state index contributed by atoms with van der Waals surface area (Å²) in [6.07, 6.45) is 8.61. The first-order valence-electron chi connectivity index (χ1n) is 22.0. The van der Waals surface area contributed by atoms with Gasteiger partial charge in [-0.15, -0.1) is 0 Å². The number of hydrogen-bond donors (Lipinski definition) is 2. The minimum Gasteiger partial charge on any atom is -0.392 e. The molecule has 7 aliphatic rings. The van der Waals surface area contributed by atoms with E-state index in [1.807, 2.05) is 13.8 Å². The summed E-state index contributed by atoms with van der Waals surface area (Å²) in [5.74, 6) is 0.236. The van der Waals surface area contributed by atoms with Gasteiger partial charge in [0, 0.05) is 65.3 Å². The van der Waals surface area contributed by atoms with Gasteiger partial charge in [0.15, 0.2) is 5.78 Å². The van der Waals surface area contributed by atoms with E-state index in [4.69, 9.17) is 9.73 Å². The van der Waals surface area contributed by atoms with Crippen LogP contribution in [0.15, 0.2) is 34.3 Å². The van der Waals surface area contributed by atoms with E-state index in [0.29, 0.717) is 38.0 Å². The fourth-order valence-electron chi connectivity index (χ4n) is 14.9. The van der Waals surface area contributed by atoms with Crippen molar-refractivity contribution in [2.45, 2.75) is 164 Å². The molecule has 4 fully saturated rings. The Kier molecular flexibility index (Phi) is 8.60. The molecule has 9 rings (SSSR count). The molecule has 1 saturated heterocycles. The van der Waals surface area contributed by atoms with Crippen LogP contribution in [0.4, 0.5) is 5.69 Å². The van der Waals surface area contributed by atoms with Gasteiger partial charge in [0.1, 0.15) is 11.9 Å². The molecule has 0 unspecified atom stereocenters. The van der Waals surface area contributed by atoms with E-state index in [-0.39, 0.29) is 40.5 Å². The summed E-state index contributed by atoms with van der Waals surface area (Å²) in [4.78, 5) is 34.0. The smallest absolute Gasteiger partial charge is 0.160 e. The molecule has 0 bridgehead atoms. The minimum atomic E-state index is -0.730. The molecule has 4 heterocycles. The predicted molar refractivity (Wildman–Crippen MR) is 226 cm³/mol. The van der Waals surface area contributed by atoms with Gasteiger partial charge in [-0.2, -0.15) is 0 Å². The Morgan fingerprint density at radius 2 is 1.67 bits per heavy atom. The Balaban J connectivity index is 1.28. The third-order valence-electron chi connectivity index (χ3n) is 17.6. The SMILES string of the molecule is CC=c1c(Cc2cc(C)cc(C)c2)c2c3n1C[C@@H]1C4=C(C(=O)C[C@@]4(C)[C@@]4(C)CC[C@H]5C(C)(C)C(=O)CC[C@]5(C)[C@@H]4[C@@H]1O)[C@](C)(C[C@@H](O)[C@@H]1OC1(C)C)CCC=3C=N2. The van der Waals surface area contributed by atoms with Crippen LogP contribution in [0, 0.1) is 58.7 Å². The Bertz CT molecular complexity index is 2290. The highest BCUT2D eigenvalue weighted by molar-refractivity contribution is 6.07. The summed E-state index contributed by atoms with van der Waals surface area (Å²) >= 11 is 0. The number of rotatable bonds is 5. The summed E-state index contributed by atoms with van der Waals surface area (Å²) in [7, 11) is 0. The second-order valence-corrected chi connectivity index (χ2v) is 21.8. The molecule has 0 radical (unpaired) electrons. The standard InChI is InChI=1S/C50H66N2O5/c1-12-33-31(22-29-20-27(2)19-28(3)21-29)40-41-30(25-51-40)13-16-47(8,23-35(54)44-46(6,7)57-44)39-34(53)24-50(11)38(39)32(26-52(33)41)42(56)43-48(9)17-15-37(55)45(4,5)36(48)14-18-49(43,50)10/h12,19-21,25,32,35-36,42-44,54,56H,13-18,22-24,26H2,1-11H3/t32-,35-,36+,42-,43+,44+,47+,48+,49+,50-/m1/s1. The number of hydrogen-bond acceptors (Lipinski definition) is 6. The summed E-state index contributed by atoms with van der Waals surface area (Å²) in [5, 5.41) is 27.7. The van der Waals surface area contributed by atoms with Crippen molar-refractivity contribution < 1.29 is 24.5 Å². The van der Waals surface area contributed by atoms with Gasteiger partial charge in [-0.25, -0.2) is 0 Å². The highest BCUT2D eigenvalue weighted by Crippen LogP contribution is 2.75. The van der Waals surface area contributed by atoms with E-state index in [2.05, 4.69) is 97.4 Å². The van der Waals surface area contributed by atoms with Gasteiger partial charge in [0.05, 0.1) is 28.8 Å². The van der Waals surface area contributed by atoms with Crippen molar-refractivity contribution in [1.82, 2.24) is 4.57 Å². The Labute approximate surface area is 339 Å². The Morgan fingerprint density at radius 3 is 2.32 bits per heavy atom. The average Bonchev–Trinajstić information content (AvgIpc) is 3.35. The Morgan fingerprint density at radius 1 is 0.982 bits per heavy atom. The van der Waals surface area contributed by atoms with Gasteiger partial charge >= 0.3 is 0 Å². The van der Waals surface area contributed by atoms with Crippen LogP contribution in [-0.4, -0.2) is 56.5 Å². The number of aromatic nitrogens is 1. The molecular weight excluding hydrogens is 709 g/mol. The van der Waals surface area contributed by atoms with E-state index < -0.39 is 34.1 Å². The molecule has 2 N–H and O–H groups in total. The van der Waals surface area contributed by atoms with Crippen LogP contribution in [0.3, 0.4) is 0 Å². The molecule has 57 heavy (non-hydrogen) atoms. The van der Waals surface area contributed by atoms with Crippen LogP contribution in [0.2, 0.25) is 0 Å². The van der Waals surface area contributed by atoms with Gasteiger partial charge in [0.25, 0.3) is 0 Å². The van der Waals surface area contributed by atoms with Crippen LogP contribution in [0.1, 0.15) is 136 Å². The highest BCUT2D eigenvalue weighted by Gasteiger charge is 2.72. The van der Waals surface area contributed by atoms with Crippen LogP contribution in [0.5, 0.6) is 0 Å². The summed E-state index contributed by atoms with van der Waals surface area (Å²) in [5.41, 5.74) is 6.50. The number of ketones is 2. The number of benzene rings is 1. The molecule has 306 valence electrons. The molecular formula is C50H66N2O5. The molecule has 1 aromatic carbocycles. The highest BCUT2D eigenvalue weighted by atomic mass is 16.6. The quantitative estimate of drug-likeness (QED) is 0.302. The van der Waals surface area contributed by atoms with E-state index >= 15 is 4.79 Å². The maximum atomic E-state index is 15.2. The zero-order chi connectivity index (χ0) is 41.0. The van der Waals surface area contributed by atoms with Crippen molar-refractivity contribution in [3.63, 3.8) is 0 Å². The number of allylic oxidation sites excluding steroid dienone is 1. The number of fused-ring (bicyclic) bond motifs is 4. The molecule has 4 aliphatic carbocycles. The minimum absolute atomic E-state index is 0.102. The number of carbonyl (C=O) groups excluding carboxylic acids is 2. The summed E-state index contributed by atoms with van der Waals surface area (Å²) in [6.45, 7) is 24.7. The number of aliphatic imine (C=N–C) groups is 1. The van der Waals surface area contributed by atoms with Crippen molar-refractivity contribution in [1.29, 1.82) is 0 Å². The van der Waals surface area contributed by atoms with Gasteiger partial charge in [-0.3, -0.25) is 14.6 Å². The van der Waals surface area contributed by atoms with Crippen LogP contribution in [-0.2, 0) is 27.3 Å². The van der Waals surface area contributed by atoms with Crippen molar-refractivity contribution in [2.24, 2.45) is 49.8 Å². The average molecular weight is 775 g/mol. The van der Waals surface area contributed by atoms with E-state index in [0.717, 1.165) is 65.2 Å². The number of aliphatic hydroxyl groups excluding tert-OH is 2. The second-order valence-electron chi connectivity index (χ2n) is 21.8. The maximum Gasteiger partial charge on any atom is 0.160 e. The van der Waals surface area contributed by atoms with Gasteiger partial charge in [-0.1, -0.05) is 76.9 Å². The van der Waals surface area contributed by atoms with Gasteiger partial charge in [0.2, 0.25) is 0 Å². The number of nitrogens with zero attached hydrogens (tertiary/aromatic N) is 2. The summed E-state index contributed by atoms with van der Waals surface area (Å²) < 4.78 is 8.48. The lowest BCUT2D eigenvalue weighted by Gasteiger charge is -2.70. The van der Waals surface area contributed by atoms with Gasteiger partial charge in [-0.05, 0) is 118 Å². The third-order valence-corrected chi connectivity index (χ3v) is 17.6. The first-order chi connectivity index (χ1) is 26.6. The fourth-order valence-corrected chi connectivity index (χ4v) is 14.9. The second kappa shape index (κ2) is 12.5.